The van der Waals surface area contributed by atoms with Gasteiger partial charge < -0.3 is 10.3 Å². The van der Waals surface area contributed by atoms with E-state index in [9.17, 15) is 9.59 Å². The summed E-state index contributed by atoms with van der Waals surface area (Å²) in [5.41, 5.74) is 6.56. The maximum atomic E-state index is 13.1. The number of fused-ring (bicyclic) bond motifs is 2. The molecule has 3 N–H and O–H groups in total. The number of nitrogens with zero attached hydrogens (tertiary/aromatic N) is 3. The molecule has 0 unspecified atom stereocenters. The first kappa shape index (κ1) is 20.6. The number of carbonyl (C=O) groups is 1. The highest BCUT2D eigenvalue weighted by Crippen LogP contribution is 2.25. The van der Waals surface area contributed by atoms with Crippen molar-refractivity contribution >= 4 is 33.8 Å². The van der Waals surface area contributed by atoms with E-state index in [1.54, 1.807) is 19.3 Å². The van der Waals surface area contributed by atoms with Crippen LogP contribution in [0.15, 0.2) is 89.9 Å². The van der Waals surface area contributed by atoms with E-state index in [0.717, 1.165) is 33.5 Å². The molecule has 0 fully saturated rings. The number of pyridine rings is 1. The predicted octanol–water partition coefficient (Wildman–Crippen LogP) is 4.72. The number of imidazole rings is 2. The number of anilines is 1. The average molecular weight is 460 g/mol. The molecular formula is C27H20N6O2. The number of rotatable bonds is 4. The van der Waals surface area contributed by atoms with Crippen LogP contribution in [0.5, 0.6) is 0 Å². The first-order valence-electron chi connectivity index (χ1n) is 11.1. The van der Waals surface area contributed by atoms with E-state index in [-0.39, 0.29) is 11.6 Å². The van der Waals surface area contributed by atoms with Crippen LogP contribution in [0.25, 0.3) is 44.7 Å². The number of hydrogen-bond donors (Lipinski definition) is 3. The molecule has 0 bridgehead atoms. The summed E-state index contributed by atoms with van der Waals surface area (Å²) < 4.78 is 1.51. The van der Waals surface area contributed by atoms with Gasteiger partial charge in [-0.1, -0.05) is 36.4 Å². The highest BCUT2D eigenvalue weighted by molar-refractivity contribution is 6.05. The summed E-state index contributed by atoms with van der Waals surface area (Å²) in [6, 6.07) is 24.6. The fourth-order valence-electron chi connectivity index (χ4n) is 4.13. The van der Waals surface area contributed by atoms with E-state index < -0.39 is 0 Å². The van der Waals surface area contributed by atoms with Crippen molar-refractivity contribution in [1.82, 2.24) is 24.5 Å². The average Bonchev–Trinajstić information content (AvgIpc) is 3.45. The van der Waals surface area contributed by atoms with Gasteiger partial charge in [-0.15, -0.1) is 0 Å². The van der Waals surface area contributed by atoms with E-state index in [1.807, 2.05) is 72.8 Å². The van der Waals surface area contributed by atoms with Crippen LogP contribution < -0.4 is 11.0 Å². The van der Waals surface area contributed by atoms with E-state index in [4.69, 9.17) is 0 Å². The molecule has 3 heterocycles. The van der Waals surface area contributed by atoms with Gasteiger partial charge in [0.2, 0.25) is 0 Å². The highest BCUT2D eigenvalue weighted by Gasteiger charge is 2.12. The maximum absolute atomic E-state index is 13.1. The molecule has 8 heteroatoms. The molecule has 0 atom stereocenters. The quantitative estimate of drug-likeness (QED) is 0.354. The van der Waals surface area contributed by atoms with Crippen LogP contribution in [-0.4, -0.2) is 30.4 Å². The SMILES string of the molecule is Cn1c(=O)[nH]c2ncc(-c3cccc(C(=O)Nc4cccc(-c5nc6ccccc6[nH]5)c4)c3)cc21. The van der Waals surface area contributed by atoms with Crippen LogP contribution in [0.4, 0.5) is 5.69 Å². The second kappa shape index (κ2) is 8.11. The lowest BCUT2D eigenvalue weighted by molar-refractivity contribution is 0.102. The Morgan fingerprint density at radius 2 is 1.71 bits per heavy atom. The molecule has 0 saturated heterocycles. The first-order chi connectivity index (χ1) is 17.0. The van der Waals surface area contributed by atoms with Crippen molar-refractivity contribution in [2.45, 2.75) is 0 Å². The topological polar surface area (TPSA) is 108 Å². The van der Waals surface area contributed by atoms with Gasteiger partial charge in [-0.3, -0.25) is 14.3 Å². The number of hydrogen-bond acceptors (Lipinski definition) is 4. The molecule has 6 aromatic rings. The minimum atomic E-state index is -0.225. The van der Waals surface area contributed by atoms with Crippen molar-refractivity contribution in [3.8, 4) is 22.5 Å². The number of aromatic amines is 2. The lowest BCUT2D eigenvalue weighted by atomic mass is 10.0. The fourth-order valence-corrected chi connectivity index (χ4v) is 4.13. The Morgan fingerprint density at radius 3 is 2.60 bits per heavy atom. The summed E-state index contributed by atoms with van der Waals surface area (Å²) in [5.74, 6) is 0.517. The predicted molar refractivity (Wildman–Crippen MR) is 136 cm³/mol. The second-order valence-corrected chi connectivity index (χ2v) is 8.30. The zero-order valence-corrected chi connectivity index (χ0v) is 18.7. The Bertz CT molecular complexity index is 1760. The minimum Gasteiger partial charge on any atom is -0.338 e. The molecule has 8 nitrogen and oxygen atoms in total. The van der Waals surface area contributed by atoms with E-state index in [1.165, 1.54) is 4.57 Å². The Labute approximate surface area is 199 Å². The molecule has 0 aliphatic rings. The Balaban J connectivity index is 1.27. The van der Waals surface area contributed by atoms with E-state index in [2.05, 4.69) is 25.3 Å². The number of carbonyl (C=O) groups excluding carboxylic acids is 1. The highest BCUT2D eigenvalue weighted by atomic mass is 16.2. The normalized spacial score (nSPS) is 11.2. The monoisotopic (exact) mass is 460 g/mol. The zero-order valence-electron chi connectivity index (χ0n) is 18.7. The number of H-pyrrole nitrogens is 2. The molecule has 3 aromatic carbocycles. The zero-order chi connectivity index (χ0) is 23.9. The summed E-state index contributed by atoms with van der Waals surface area (Å²) >= 11 is 0. The van der Waals surface area contributed by atoms with Crippen molar-refractivity contribution < 1.29 is 4.79 Å². The number of aromatic nitrogens is 5. The standard InChI is InChI=1S/C27H20N6O2/c1-33-23-14-19(15-28-25(23)32-27(33)35)16-6-4-8-18(12-16)26(34)29-20-9-5-7-17(13-20)24-30-21-10-2-3-11-22(21)31-24/h2-15H,1H3,(H,29,34)(H,30,31)(H,28,32,35). The van der Waals surface area contributed by atoms with Crippen LogP contribution in [0.2, 0.25) is 0 Å². The minimum absolute atomic E-state index is 0.220. The third-order valence-corrected chi connectivity index (χ3v) is 6.00. The third kappa shape index (κ3) is 3.76. The maximum Gasteiger partial charge on any atom is 0.327 e. The van der Waals surface area contributed by atoms with Crippen LogP contribution in [0.1, 0.15) is 10.4 Å². The van der Waals surface area contributed by atoms with Gasteiger partial charge in [-0.05, 0) is 48.0 Å². The van der Waals surface area contributed by atoms with E-state index in [0.29, 0.717) is 22.4 Å². The van der Waals surface area contributed by atoms with Gasteiger partial charge in [-0.25, -0.2) is 14.8 Å². The fraction of sp³-hybridized carbons (Fsp3) is 0.0370. The Hall–Kier alpha value is -4.98. The van der Waals surface area contributed by atoms with Gasteiger partial charge in [-0.2, -0.15) is 0 Å². The van der Waals surface area contributed by atoms with Gasteiger partial charge in [0.05, 0.1) is 16.6 Å². The number of benzene rings is 3. The molecule has 0 radical (unpaired) electrons. The van der Waals surface area contributed by atoms with Gasteiger partial charge >= 0.3 is 5.69 Å². The molecule has 0 aliphatic carbocycles. The van der Waals surface area contributed by atoms with E-state index >= 15 is 0 Å². The molecule has 0 aliphatic heterocycles. The van der Waals surface area contributed by atoms with Crippen LogP contribution >= 0.6 is 0 Å². The van der Waals surface area contributed by atoms with Gasteiger partial charge in [0.15, 0.2) is 5.65 Å². The van der Waals surface area contributed by atoms with Crippen molar-refractivity contribution in [2.75, 3.05) is 5.32 Å². The van der Waals surface area contributed by atoms with Crippen molar-refractivity contribution in [2.24, 2.45) is 7.05 Å². The first-order valence-corrected chi connectivity index (χ1v) is 11.1. The molecular weight excluding hydrogens is 440 g/mol. The van der Waals surface area contributed by atoms with Crippen molar-refractivity contribution in [3.05, 3.63) is 101 Å². The molecule has 1 amide bonds. The number of nitrogens with one attached hydrogen (secondary N) is 3. The lowest BCUT2D eigenvalue weighted by Crippen LogP contribution is -2.12. The summed E-state index contributed by atoms with van der Waals surface area (Å²) in [4.78, 5) is 39.9. The third-order valence-electron chi connectivity index (χ3n) is 6.00. The van der Waals surface area contributed by atoms with Crippen molar-refractivity contribution in [3.63, 3.8) is 0 Å². The van der Waals surface area contributed by atoms with Gasteiger partial charge in [0, 0.05) is 35.6 Å². The summed E-state index contributed by atoms with van der Waals surface area (Å²) in [6.07, 6.45) is 1.69. The van der Waals surface area contributed by atoms with Crippen molar-refractivity contribution in [1.29, 1.82) is 0 Å². The molecule has 3 aromatic heterocycles. The van der Waals surface area contributed by atoms with Gasteiger partial charge in [0.1, 0.15) is 5.82 Å². The van der Waals surface area contributed by atoms with Crippen LogP contribution in [0.3, 0.4) is 0 Å². The summed E-state index contributed by atoms with van der Waals surface area (Å²) in [7, 11) is 1.69. The number of para-hydroxylation sites is 2. The Kier molecular flexibility index (Phi) is 4.77. The lowest BCUT2D eigenvalue weighted by Gasteiger charge is -2.09. The van der Waals surface area contributed by atoms with Crippen LogP contribution in [0, 0.1) is 0 Å². The summed E-state index contributed by atoms with van der Waals surface area (Å²) in [5, 5.41) is 2.98. The Morgan fingerprint density at radius 1 is 0.886 bits per heavy atom. The number of aryl methyl sites for hydroxylation is 1. The second-order valence-electron chi connectivity index (χ2n) is 8.30. The summed E-state index contributed by atoms with van der Waals surface area (Å²) in [6.45, 7) is 0. The van der Waals surface area contributed by atoms with Gasteiger partial charge in [0.25, 0.3) is 5.91 Å². The molecule has 35 heavy (non-hydrogen) atoms. The molecule has 170 valence electrons. The molecule has 0 spiro atoms. The number of amides is 1. The molecule has 0 saturated carbocycles. The van der Waals surface area contributed by atoms with Crippen LogP contribution in [-0.2, 0) is 7.05 Å². The largest absolute Gasteiger partial charge is 0.338 e. The molecule has 6 rings (SSSR count). The smallest absolute Gasteiger partial charge is 0.327 e.